The summed E-state index contributed by atoms with van der Waals surface area (Å²) in [6, 6.07) is 5.44. The van der Waals surface area contributed by atoms with Crippen molar-refractivity contribution < 1.29 is 80.7 Å². The number of hydrogen-bond donors (Lipinski definition) is 1. The molecular weight excluding hydrogens is 578 g/mol. The molecule has 0 amide bonds. The molecule has 0 saturated heterocycles. The molecule has 19 heteroatoms. The van der Waals surface area contributed by atoms with Crippen molar-refractivity contribution in [2.45, 2.75) is 48.6 Å². The molecule has 1 unspecified atom stereocenters. The SMILES string of the molecule is C=C(C(=O)OC(OCCCCC(F)(F)C(F)(F)S(=O)(=O)O)(C(=O)Oc1ccccc1)C(F)(F)F)C(F)(F)F. The average molecular weight is 594 g/mol. The summed E-state index contributed by atoms with van der Waals surface area (Å²) in [6.07, 6.45) is -16.2. The molecule has 1 aromatic carbocycles. The fourth-order valence-electron chi connectivity index (χ4n) is 2.36. The van der Waals surface area contributed by atoms with Crippen molar-refractivity contribution >= 4 is 22.1 Å². The summed E-state index contributed by atoms with van der Waals surface area (Å²) in [7, 11) is -6.60. The van der Waals surface area contributed by atoms with E-state index in [-0.39, 0.29) is 0 Å². The quantitative estimate of drug-likeness (QED) is 0.0697. The van der Waals surface area contributed by atoms with Crippen LogP contribution in [-0.2, 0) is 29.2 Å². The van der Waals surface area contributed by atoms with Crippen molar-refractivity contribution in [3.63, 3.8) is 0 Å². The lowest BCUT2D eigenvalue weighted by molar-refractivity contribution is -0.352. The summed E-state index contributed by atoms with van der Waals surface area (Å²) >= 11 is 0. The summed E-state index contributed by atoms with van der Waals surface area (Å²) in [4.78, 5) is 24.1. The first-order chi connectivity index (χ1) is 17.0. The van der Waals surface area contributed by atoms with Gasteiger partial charge in [-0.3, -0.25) is 4.55 Å². The molecule has 38 heavy (non-hydrogen) atoms. The number of para-hydroxylation sites is 1. The molecule has 0 spiro atoms. The zero-order valence-corrected chi connectivity index (χ0v) is 19.2. The second kappa shape index (κ2) is 11.4. The number of unbranched alkanes of at least 4 members (excludes halogenated alkanes) is 1. The minimum Gasteiger partial charge on any atom is -0.421 e. The molecule has 0 saturated carbocycles. The van der Waals surface area contributed by atoms with E-state index in [1.54, 1.807) is 0 Å². The van der Waals surface area contributed by atoms with Crippen LogP contribution >= 0.6 is 0 Å². The van der Waals surface area contributed by atoms with Crippen LogP contribution in [0.3, 0.4) is 0 Å². The summed E-state index contributed by atoms with van der Waals surface area (Å²) in [5.74, 6) is -16.4. The Hall–Kier alpha value is -2.93. The van der Waals surface area contributed by atoms with Gasteiger partial charge in [0.2, 0.25) is 0 Å². The van der Waals surface area contributed by atoms with Gasteiger partial charge in [-0.2, -0.15) is 52.3 Å². The summed E-state index contributed by atoms with van der Waals surface area (Å²) in [5, 5.41) is -5.98. The molecule has 1 rings (SSSR count). The summed E-state index contributed by atoms with van der Waals surface area (Å²) < 4.78 is 175. The lowest BCUT2D eigenvalue weighted by atomic mass is 10.1. The molecule has 0 fully saturated rings. The molecule has 216 valence electrons. The van der Waals surface area contributed by atoms with E-state index in [2.05, 4.69) is 20.8 Å². The third-order valence-corrected chi connectivity index (χ3v) is 5.31. The van der Waals surface area contributed by atoms with Gasteiger partial charge in [0.05, 0.1) is 6.61 Å². The number of rotatable bonds is 12. The van der Waals surface area contributed by atoms with Gasteiger partial charge in [-0.15, -0.1) is 0 Å². The van der Waals surface area contributed by atoms with E-state index >= 15 is 0 Å². The van der Waals surface area contributed by atoms with Crippen LogP contribution in [0.15, 0.2) is 42.5 Å². The Morgan fingerprint density at radius 2 is 1.42 bits per heavy atom. The third kappa shape index (κ3) is 7.56. The van der Waals surface area contributed by atoms with Crippen molar-refractivity contribution in [3.05, 3.63) is 42.5 Å². The maximum atomic E-state index is 13.9. The van der Waals surface area contributed by atoms with Gasteiger partial charge in [0, 0.05) is 6.42 Å². The van der Waals surface area contributed by atoms with Gasteiger partial charge in [0.1, 0.15) is 11.3 Å². The van der Waals surface area contributed by atoms with Gasteiger partial charge >= 0.3 is 51.4 Å². The van der Waals surface area contributed by atoms with Crippen LogP contribution < -0.4 is 4.74 Å². The van der Waals surface area contributed by atoms with E-state index in [0.29, 0.717) is 0 Å². The molecule has 0 radical (unpaired) electrons. The van der Waals surface area contributed by atoms with Crippen molar-refractivity contribution in [1.29, 1.82) is 0 Å². The van der Waals surface area contributed by atoms with Crippen LogP contribution in [0.1, 0.15) is 19.3 Å². The number of hydrogen-bond acceptors (Lipinski definition) is 7. The second-order valence-corrected chi connectivity index (χ2v) is 8.65. The largest absolute Gasteiger partial charge is 0.468 e. The second-order valence-electron chi connectivity index (χ2n) is 7.18. The minimum absolute atomic E-state index is 0.632. The average Bonchev–Trinajstić information content (AvgIpc) is 2.75. The van der Waals surface area contributed by atoms with E-state index in [1.807, 2.05) is 0 Å². The Morgan fingerprint density at radius 1 is 0.895 bits per heavy atom. The van der Waals surface area contributed by atoms with Gasteiger partial charge in [-0.25, -0.2) is 9.59 Å². The van der Waals surface area contributed by atoms with E-state index in [1.165, 1.54) is 6.07 Å². The van der Waals surface area contributed by atoms with E-state index in [4.69, 9.17) is 4.55 Å². The number of ether oxygens (including phenoxy) is 3. The van der Waals surface area contributed by atoms with Crippen LogP contribution in [0.5, 0.6) is 5.75 Å². The molecule has 1 aromatic rings. The topological polar surface area (TPSA) is 116 Å². The zero-order valence-electron chi connectivity index (χ0n) is 18.4. The van der Waals surface area contributed by atoms with Crippen molar-refractivity contribution in [2.24, 2.45) is 0 Å². The number of carbonyl (C=O) groups is 2. The zero-order chi connectivity index (χ0) is 29.8. The Balaban J connectivity index is 3.21. The highest BCUT2D eigenvalue weighted by molar-refractivity contribution is 7.87. The number of alkyl halides is 10. The predicted octanol–water partition coefficient (Wildman–Crippen LogP) is 4.82. The molecule has 1 N–H and O–H groups in total. The molecular formula is C19H16F10O8S. The maximum absolute atomic E-state index is 13.9. The van der Waals surface area contributed by atoms with Gasteiger partial charge in [0.15, 0.2) is 0 Å². The van der Waals surface area contributed by atoms with E-state index in [0.717, 1.165) is 24.3 Å². The van der Waals surface area contributed by atoms with Crippen LogP contribution in [0.25, 0.3) is 0 Å². The first kappa shape index (κ1) is 33.1. The first-order valence-corrected chi connectivity index (χ1v) is 11.1. The Bertz CT molecular complexity index is 1120. The summed E-state index contributed by atoms with van der Waals surface area (Å²) in [6.45, 7) is 0.664. The first-order valence-electron chi connectivity index (χ1n) is 9.70. The van der Waals surface area contributed by atoms with Gasteiger partial charge in [-0.1, -0.05) is 24.8 Å². The van der Waals surface area contributed by atoms with Crippen molar-refractivity contribution in [2.75, 3.05) is 6.61 Å². The number of halogens is 10. The highest BCUT2D eigenvalue weighted by Crippen LogP contribution is 2.42. The third-order valence-electron chi connectivity index (χ3n) is 4.36. The maximum Gasteiger partial charge on any atom is 0.468 e. The fourth-order valence-corrected chi connectivity index (χ4v) is 2.83. The lowest BCUT2D eigenvalue weighted by Gasteiger charge is -2.32. The van der Waals surface area contributed by atoms with Gasteiger partial charge in [-0.05, 0) is 25.0 Å². The van der Waals surface area contributed by atoms with E-state index in [9.17, 15) is 61.9 Å². The molecule has 0 aliphatic carbocycles. The molecule has 0 aliphatic heterocycles. The molecule has 0 bridgehead atoms. The van der Waals surface area contributed by atoms with Crippen LogP contribution in [0, 0.1) is 0 Å². The highest BCUT2D eigenvalue weighted by Gasteiger charge is 2.69. The number of benzene rings is 1. The number of esters is 2. The molecule has 0 aliphatic rings. The molecule has 0 aromatic heterocycles. The minimum atomic E-state index is -6.60. The smallest absolute Gasteiger partial charge is 0.421 e. The highest BCUT2D eigenvalue weighted by atomic mass is 32.2. The van der Waals surface area contributed by atoms with Crippen LogP contribution in [0.4, 0.5) is 43.9 Å². The standard InChI is InChI=1S/C19H16F10O8S/c1-11(17(22,23)24)13(30)37-16(18(25,26)27,14(31)36-12-7-3-2-4-8-12)35-10-6-5-9-15(20,21)19(28,29)38(32,33)34/h2-4,7-8H,1,5-6,9-10H2,(H,32,33,34). The fraction of sp³-hybridized carbons (Fsp3) is 0.474. The Labute approximate surface area is 206 Å². The number of carbonyl (C=O) groups excluding carboxylic acids is 2. The molecule has 1 atom stereocenters. The summed E-state index contributed by atoms with van der Waals surface area (Å²) in [5.41, 5.74) is -2.51. The van der Waals surface area contributed by atoms with E-state index < -0.39 is 88.6 Å². The van der Waals surface area contributed by atoms with Crippen LogP contribution in [0.2, 0.25) is 0 Å². The Morgan fingerprint density at radius 3 is 1.87 bits per heavy atom. The Kier molecular flexibility index (Phi) is 9.96. The van der Waals surface area contributed by atoms with Crippen LogP contribution in [-0.4, -0.2) is 60.8 Å². The van der Waals surface area contributed by atoms with Gasteiger partial charge in [0.25, 0.3) is 0 Å². The van der Waals surface area contributed by atoms with Crippen molar-refractivity contribution in [1.82, 2.24) is 0 Å². The lowest BCUT2D eigenvalue weighted by Crippen LogP contribution is -2.59. The normalized spacial score (nSPS) is 14.9. The molecule has 8 nitrogen and oxygen atoms in total. The predicted molar refractivity (Wildman–Crippen MR) is 103 cm³/mol. The molecule has 0 heterocycles. The monoisotopic (exact) mass is 594 g/mol. The van der Waals surface area contributed by atoms with Crippen molar-refractivity contribution in [3.8, 4) is 5.75 Å². The van der Waals surface area contributed by atoms with Gasteiger partial charge < -0.3 is 14.2 Å².